The summed E-state index contributed by atoms with van der Waals surface area (Å²) in [6.45, 7) is 0.774. The number of epoxide rings is 1. The van der Waals surface area contributed by atoms with Gasteiger partial charge in [0.15, 0.2) is 0 Å². The van der Waals surface area contributed by atoms with Crippen molar-refractivity contribution in [1.82, 2.24) is 5.32 Å². The SMILES string of the molecule is O=C(NCC[C@@H]1CC[C@@H]2O[C@H]2C1)c1ccccc1. The summed E-state index contributed by atoms with van der Waals surface area (Å²) >= 11 is 0. The summed E-state index contributed by atoms with van der Waals surface area (Å²) in [5.74, 6) is 0.761. The maximum absolute atomic E-state index is 11.8. The maximum atomic E-state index is 11.8. The summed E-state index contributed by atoms with van der Waals surface area (Å²) in [6, 6.07) is 9.39. The third-order valence-electron chi connectivity index (χ3n) is 3.99. The van der Waals surface area contributed by atoms with Gasteiger partial charge in [0, 0.05) is 12.1 Å². The zero-order valence-corrected chi connectivity index (χ0v) is 10.5. The van der Waals surface area contributed by atoms with Crippen LogP contribution in [0.4, 0.5) is 0 Å². The van der Waals surface area contributed by atoms with Crippen LogP contribution >= 0.6 is 0 Å². The van der Waals surface area contributed by atoms with Crippen LogP contribution in [0.2, 0.25) is 0 Å². The van der Waals surface area contributed by atoms with Crippen molar-refractivity contribution in [1.29, 1.82) is 0 Å². The van der Waals surface area contributed by atoms with Crippen LogP contribution in [0.15, 0.2) is 30.3 Å². The molecule has 3 nitrogen and oxygen atoms in total. The minimum absolute atomic E-state index is 0.0342. The largest absolute Gasteiger partial charge is 0.370 e. The van der Waals surface area contributed by atoms with Gasteiger partial charge < -0.3 is 10.1 Å². The molecule has 1 aliphatic heterocycles. The summed E-state index contributed by atoms with van der Waals surface area (Å²) in [4.78, 5) is 11.8. The van der Waals surface area contributed by atoms with E-state index in [9.17, 15) is 4.79 Å². The number of carbonyl (C=O) groups excluding carboxylic acids is 1. The molecule has 0 unspecified atom stereocenters. The Balaban J connectivity index is 1.40. The van der Waals surface area contributed by atoms with E-state index < -0.39 is 0 Å². The van der Waals surface area contributed by atoms with Gasteiger partial charge in [0.1, 0.15) is 0 Å². The first-order chi connectivity index (χ1) is 8.83. The quantitative estimate of drug-likeness (QED) is 0.827. The Hall–Kier alpha value is -1.35. The highest BCUT2D eigenvalue weighted by molar-refractivity contribution is 5.94. The van der Waals surface area contributed by atoms with Crippen LogP contribution in [0.5, 0.6) is 0 Å². The van der Waals surface area contributed by atoms with Crippen molar-refractivity contribution < 1.29 is 9.53 Å². The molecule has 2 fully saturated rings. The molecule has 0 aromatic heterocycles. The first kappa shape index (κ1) is 11.7. The van der Waals surface area contributed by atoms with E-state index >= 15 is 0 Å². The monoisotopic (exact) mass is 245 g/mol. The molecular formula is C15H19NO2. The summed E-state index contributed by atoms with van der Waals surface area (Å²) in [5, 5.41) is 2.99. The van der Waals surface area contributed by atoms with Gasteiger partial charge >= 0.3 is 0 Å². The lowest BCUT2D eigenvalue weighted by molar-refractivity contribution is 0.0950. The molecule has 18 heavy (non-hydrogen) atoms. The number of nitrogens with one attached hydrogen (secondary N) is 1. The van der Waals surface area contributed by atoms with E-state index in [-0.39, 0.29) is 5.91 Å². The van der Waals surface area contributed by atoms with Crippen molar-refractivity contribution in [3.63, 3.8) is 0 Å². The second-order valence-electron chi connectivity index (χ2n) is 5.30. The molecule has 0 radical (unpaired) electrons. The van der Waals surface area contributed by atoms with Gasteiger partial charge in [-0.2, -0.15) is 0 Å². The molecule has 1 saturated heterocycles. The Morgan fingerprint density at radius 3 is 2.83 bits per heavy atom. The average molecular weight is 245 g/mol. The van der Waals surface area contributed by atoms with E-state index in [1.165, 1.54) is 19.3 Å². The Morgan fingerprint density at radius 1 is 1.22 bits per heavy atom. The molecule has 3 atom stereocenters. The third kappa shape index (κ3) is 2.72. The number of hydrogen-bond acceptors (Lipinski definition) is 2. The van der Waals surface area contributed by atoms with Gasteiger partial charge in [0.25, 0.3) is 5.91 Å². The second-order valence-corrected chi connectivity index (χ2v) is 5.30. The molecule has 3 rings (SSSR count). The fraction of sp³-hybridized carbons (Fsp3) is 0.533. The zero-order valence-electron chi connectivity index (χ0n) is 10.5. The van der Waals surface area contributed by atoms with Crippen LogP contribution in [0.1, 0.15) is 36.0 Å². The van der Waals surface area contributed by atoms with E-state index in [1.807, 2.05) is 30.3 Å². The molecule has 1 saturated carbocycles. The van der Waals surface area contributed by atoms with Crippen molar-refractivity contribution in [3.05, 3.63) is 35.9 Å². The molecular weight excluding hydrogens is 226 g/mol. The summed E-state index contributed by atoms with van der Waals surface area (Å²) in [5.41, 5.74) is 0.742. The van der Waals surface area contributed by atoms with Gasteiger partial charge in [-0.15, -0.1) is 0 Å². The molecule has 1 aliphatic carbocycles. The van der Waals surface area contributed by atoms with Crippen molar-refractivity contribution in [2.24, 2.45) is 5.92 Å². The minimum atomic E-state index is 0.0342. The van der Waals surface area contributed by atoms with Gasteiger partial charge in [-0.3, -0.25) is 4.79 Å². The Labute approximate surface area is 108 Å². The second kappa shape index (κ2) is 5.11. The van der Waals surface area contributed by atoms with Crippen LogP contribution in [-0.4, -0.2) is 24.7 Å². The Kier molecular flexibility index (Phi) is 3.33. The van der Waals surface area contributed by atoms with Crippen LogP contribution in [0.25, 0.3) is 0 Å². The number of carbonyl (C=O) groups is 1. The summed E-state index contributed by atoms with van der Waals surface area (Å²) < 4.78 is 5.52. The topological polar surface area (TPSA) is 41.6 Å². The molecule has 2 aliphatic rings. The molecule has 0 bridgehead atoms. The number of ether oxygens (including phenoxy) is 1. The molecule has 96 valence electrons. The van der Waals surface area contributed by atoms with Gasteiger partial charge in [-0.05, 0) is 43.7 Å². The lowest BCUT2D eigenvalue weighted by Crippen LogP contribution is -2.27. The molecule has 1 aromatic carbocycles. The summed E-state index contributed by atoms with van der Waals surface area (Å²) in [7, 11) is 0. The van der Waals surface area contributed by atoms with Gasteiger partial charge in [0.05, 0.1) is 12.2 Å². The lowest BCUT2D eigenvalue weighted by Gasteiger charge is -2.18. The number of amides is 1. The normalized spacial score (nSPS) is 29.4. The smallest absolute Gasteiger partial charge is 0.251 e. The Morgan fingerprint density at radius 2 is 2.06 bits per heavy atom. The number of fused-ring (bicyclic) bond motifs is 1. The number of rotatable bonds is 4. The predicted octanol–water partition coefficient (Wildman–Crippen LogP) is 2.37. The Bertz CT molecular complexity index is 418. The fourth-order valence-corrected chi connectivity index (χ4v) is 2.83. The van der Waals surface area contributed by atoms with E-state index in [0.29, 0.717) is 12.2 Å². The van der Waals surface area contributed by atoms with Crippen LogP contribution in [0.3, 0.4) is 0 Å². The zero-order chi connectivity index (χ0) is 12.4. The molecule has 1 heterocycles. The number of hydrogen-bond donors (Lipinski definition) is 1. The minimum Gasteiger partial charge on any atom is -0.370 e. The van der Waals surface area contributed by atoms with Crippen LogP contribution in [-0.2, 0) is 4.74 Å². The van der Waals surface area contributed by atoms with Gasteiger partial charge in [-0.25, -0.2) is 0 Å². The predicted molar refractivity (Wildman–Crippen MR) is 69.4 cm³/mol. The highest BCUT2D eigenvalue weighted by atomic mass is 16.6. The molecule has 1 amide bonds. The number of benzene rings is 1. The van der Waals surface area contributed by atoms with Crippen LogP contribution in [0, 0.1) is 5.92 Å². The van der Waals surface area contributed by atoms with Crippen molar-refractivity contribution in [2.45, 2.75) is 37.9 Å². The van der Waals surface area contributed by atoms with E-state index in [4.69, 9.17) is 4.74 Å². The highest BCUT2D eigenvalue weighted by Crippen LogP contribution is 2.40. The maximum Gasteiger partial charge on any atom is 0.251 e. The van der Waals surface area contributed by atoms with Gasteiger partial charge in [-0.1, -0.05) is 18.2 Å². The first-order valence-electron chi connectivity index (χ1n) is 6.81. The van der Waals surface area contributed by atoms with E-state index in [2.05, 4.69) is 5.32 Å². The summed E-state index contributed by atoms with van der Waals surface area (Å²) in [6.07, 6.45) is 5.83. The molecule has 1 aromatic rings. The first-order valence-corrected chi connectivity index (χ1v) is 6.81. The fourth-order valence-electron chi connectivity index (χ4n) is 2.83. The molecule has 1 N–H and O–H groups in total. The van der Waals surface area contributed by atoms with E-state index in [0.717, 1.165) is 24.4 Å². The van der Waals surface area contributed by atoms with Gasteiger partial charge in [0.2, 0.25) is 0 Å². The van der Waals surface area contributed by atoms with E-state index in [1.54, 1.807) is 0 Å². The van der Waals surface area contributed by atoms with Crippen molar-refractivity contribution >= 4 is 5.91 Å². The lowest BCUT2D eigenvalue weighted by atomic mass is 9.87. The molecule has 0 spiro atoms. The van der Waals surface area contributed by atoms with Crippen LogP contribution < -0.4 is 5.32 Å². The molecule has 3 heteroatoms. The van der Waals surface area contributed by atoms with Crippen molar-refractivity contribution in [2.75, 3.05) is 6.54 Å². The standard InChI is InChI=1S/C15H19NO2/c17-15(12-4-2-1-3-5-12)16-9-8-11-6-7-13-14(10-11)18-13/h1-5,11,13-14H,6-10H2,(H,16,17)/t11-,13-,14-/m0/s1. The third-order valence-corrected chi connectivity index (χ3v) is 3.99. The average Bonchev–Trinajstić information content (AvgIpc) is 3.18. The highest BCUT2D eigenvalue weighted by Gasteiger charge is 2.43. The van der Waals surface area contributed by atoms with Crippen molar-refractivity contribution in [3.8, 4) is 0 Å².